The van der Waals surface area contributed by atoms with Crippen LogP contribution in [0.5, 0.6) is 5.75 Å². The second-order valence-electron chi connectivity index (χ2n) is 7.62. The molecule has 4 rings (SSSR count). The molecule has 1 amide bonds. The van der Waals surface area contributed by atoms with Crippen LogP contribution in [0.2, 0.25) is 0 Å². The standard InChI is InChI=1S/C23H25N3O3/c1-15(21-19-9-5-6-10-20(19)23(28)26(2)25-21)22(27)24-16-11-13-18(14-12-16)29-17-7-3-4-8-17/h5-6,9-15,17H,3-4,7-8H2,1-2H3,(H,24,27). The number of aryl methyl sites for hydroxylation is 1. The lowest BCUT2D eigenvalue weighted by atomic mass is 10.0. The molecule has 0 saturated heterocycles. The van der Waals surface area contributed by atoms with E-state index in [-0.39, 0.29) is 11.5 Å². The number of fused-ring (bicyclic) bond motifs is 1. The number of amides is 1. The predicted octanol–water partition coefficient (Wildman–Crippen LogP) is 4.00. The SMILES string of the molecule is CC(C(=O)Nc1ccc(OC2CCCC2)cc1)c1nn(C)c(=O)c2ccccc12. The molecule has 0 spiro atoms. The summed E-state index contributed by atoms with van der Waals surface area (Å²) in [4.78, 5) is 25.2. The third-order valence-corrected chi connectivity index (χ3v) is 5.52. The Kier molecular flexibility index (Phi) is 5.34. The zero-order valence-electron chi connectivity index (χ0n) is 16.7. The summed E-state index contributed by atoms with van der Waals surface area (Å²) in [6, 6.07) is 14.7. The van der Waals surface area contributed by atoms with Crippen molar-refractivity contribution >= 4 is 22.4 Å². The molecule has 3 aromatic rings. The molecule has 1 aliphatic rings. The summed E-state index contributed by atoms with van der Waals surface area (Å²) in [5.74, 6) is 0.139. The van der Waals surface area contributed by atoms with Crippen molar-refractivity contribution in [1.82, 2.24) is 9.78 Å². The van der Waals surface area contributed by atoms with Crippen molar-refractivity contribution in [2.45, 2.75) is 44.6 Å². The zero-order chi connectivity index (χ0) is 20.4. The highest BCUT2D eigenvalue weighted by molar-refractivity contribution is 5.98. The molecule has 1 atom stereocenters. The predicted molar refractivity (Wildman–Crippen MR) is 113 cm³/mol. The molecule has 1 aliphatic carbocycles. The number of ether oxygens (including phenoxy) is 1. The van der Waals surface area contributed by atoms with Crippen molar-refractivity contribution < 1.29 is 9.53 Å². The molecule has 0 aliphatic heterocycles. The zero-order valence-corrected chi connectivity index (χ0v) is 16.7. The van der Waals surface area contributed by atoms with E-state index in [0.717, 1.165) is 18.6 Å². The Morgan fingerprint density at radius 1 is 1.10 bits per heavy atom. The Labute approximate surface area is 169 Å². The normalized spacial score (nSPS) is 15.4. The van der Waals surface area contributed by atoms with Crippen LogP contribution in [0.4, 0.5) is 5.69 Å². The fraction of sp³-hybridized carbons (Fsp3) is 0.348. The van der Waals surface area contributed by atoms with Gasteiger partial charge in [0.2, 0.25) is 5.91 Å². The molecule has 1 unspecified atom stereocenters. The van der Waals surface area contributed by atoms with E-state index >= 15 is 0 Å². The van der Waals surface area contributed by atoms with Gasteiger partial charge in [-0.05, 0) is 62.9 Å². The maximum atomic E-state index is 12.8. The molecular formula is C23H25N3O3. The summed E-state index contributed by atoms with van der Waals surface area (Å²) < 4.78 is 7.26. The smallest absolute Gasteiger partial charge is 0.274 e. The fourth-order valence-electron chi connectivity index (χ4n) is 3.84. The number of hydrogen-bond donors (Lipinski definition) is 1. The molecule has 1 saturated carbocycles. The maximum Gasteiger partial charge on any atom is 0.274 e. The first-order valence-corrected chi connectivity index (χ1v) is 10.1. The average molecular weight is 391 g/mol. The molecule has 0 radical (unpaired) electrons. The Morgan fingerprint density at radius 2 is 1.76 bits per heavy atom. The molecule has 6 heteroatoms. The van der Waals surface area contributed by atoms with E-state index in [4.69, 9.17) is 4.74 Å². The fourth-order valence-corrected chi connectivity index (χ4v) is 3.84. The summed E-state index contributed by atoms with van der Waals surface area (Å²) in [5, 5.41) is 8.57. The van der Waals surface area contributed by atoms with Crippen molar-refractivity contribution in [2.24, 2.45) is 7.05 Å². The van der Waals surface area contributed by atoms with Crippen LogP contribution in [-0.4, -0.2) is 21.8 Å². The number of aromatic nitrogens is 2. The third-order valence-electron chi connectivity index (χ3n) is 5.52. The summed E-state index contributed by atoms with van der Waals surface area (Å²) in [5.41, 5.74) is 1.12. The van der Waals surface area contributed by atoms with Gasteiger partial charge < -0.3 is 10.1 Å². The van der Waals surface area contributed by atoms with E-state index in [1.165, 1.54) is 17.5 Å². The second-order valence-corrected chi connectivity index (χ2v) is 7.62. The number of benzene rings is 2. The summed E-state index contributed by atoms with van der Waals surface area (Å²) in [6.07, 6.45) is 4.97. The van der Waals surface area contributed by atoms with Gasteiger partial charge in [0.15, 0.2) is 0 Å². The lowest BCUT2D eigenvalue weighted by Crippen LogP contribution is -2.26. The molecule has 0 bridgehead atoms. The Morgan fingerprint density at radius 3 is 2.45 bits per heavy atom. The first-order chi connectivity index (χ1) is 14.0. The van der Waals surface area contributed by atoms with Crippen molar-refractivity contribution in [3.63, 3.8) is 0 Å². The Hall–Kier alpha value is -3.15. The molecule has 2 aromatic carbocycles. The van der Waals surface area contributed by atoms with E-state index in [0.29, 0.717) is 28.3 Å². The van der Waals surface area contributed by atoms with E-state index in [1.807, 2.05) is 42.5 Å². The van der Waals surface area contributed by atoms with Crippen molar-refractivity contribution in [1.29, 1.82) is 0 Å². The van der Waals surface area contributed by atoms with Gasteiger partial charge in [0.1, 0.15) is 5.75 Å². The van der Waals surface area contributed by atoms with E-state index < -0.39 is 5.92 Å². The van der Waals surface area contributed by atoms with E-state index in [1.54, 1.807) is 20.0 Å². The number of nitrogens with zero attached hydrogens (tertiary/aromatic N) is 2. The van der Waals surface area contributed by atoms with Crippen LogP contribution >= 0.6 is 0 Å². The lowest BCUT2D eigenvalue weighted by molar-refractivity contribution is -0.117. The molecule has 150 valence electrons. The van der Waals surface area contributed by atoms with Crippen molar-refractivity contribution in [3.8, 4) is 5.75 Å². The van der Waals surface area contributed by atoms with Gasteiger partial charge in [-0.1, -0.05) is 18.2 Å². The van der Waals surface area contributed by atoms with Gasteiger partial charge in [0.25, 0.3) is 5.56 Å². The van der Waals surface area contributed by atoms with Crippen molar-refractivity contribution in [3.05, 3.63) is 64.6 Å². The molecule has 1 aromatic heterocycles. The third kappa shape index (κ3) is 4.01. The monoisotopic (exact) mass is 391 g/mol. The van der Waals surface area contributed by atoms with Gasteiger partial charge in [-0.3, -0.25) is 9.59 Å². The molecule has 6 nitrogen and oxygen atoms in total. The van der Waals surface area contributed by atoms with Gasteiger partial charge in [-0.15, -0.1) is 0 Å². The van der Waals surface area contributed by atoms with E-state index in [9.17, 15) is 9.59 Å². The first-order valence-electron chi connectivity index (χ1n) is 10.1. The summed E-state index contributed by atoms with van der Waals surface area (Å²) in [7, 11) is 1.60. The minimum atomic E-state index is -0.513. The minimum absolute atomic E-state index is 0.171. The van der Waals surface area contributed by atoms with Gasteiger partial charge in [-0.2, -0.15) is 5.10 Å². The number of carbonyl (C=O) groups is 1. The van der Waals surface area contributed by atoms with Crippen LogP contribution in [0.1, 0.15) is 44.2 Å². The second kappa shape index (κ2) is 8.07. The molecular weight excluding hydrogens is 366 g/mol. The summed E-state index contributed by atoms with van der Waals surface area (Å²) >= 11 is 0. The van der Waals surface area contributed by atoms with Crippen LogP contribution in [0.25, 0.3) is 10.8 Å². The van der Waals surface area contributed by atoms with Crippen LogP contribution in [-0.2, 0) is 11.8 Å². The van der Waals surface area contributed by atoms with E-state index in [2.05, 4.69) is 10.4 Å². The number of anilines is 1. The lowest BCUT2D eigenvalue weighted by Gasteiger charge is -2.16. The highest BCUT2D eigenvalue weighted by Crippen LogP contribution is 2.26. The van der Waals surface area contributed by atoms with Crippen molar-refractivity contribution in [2.75, 3.05) is 5.32 Å². The first kappa shape index (κ1) is 19.2. The average Bonchev–Trinajstić information content (AvgIpc) is 3.24. The number of carbonyl (C=O) groups excluding carboxylic acids is 1. The molecule has 1 N–H and O–H groups in total. The van der Waals surface area contributed by atoms with Crippen LogP contribution in [0.3, 0.4) is 0 Å². The van der Waals surface area contributed by atoms with Gasteiger partial charge in [-0.25, -0.2) is 4.68 Å². The molecule has 1 fully saturated rings. The Balaban J connectivity index is 1.51. The molecule has 29 heavy (non-hydrogen) atoms. The number of nitrogens with one attached hydrogen (secondary N) is 1. The largest absolute Gasteiger partial charge is 0.490 e. The van der Waals surface area contributed by atoms with Crippen LogP contribution in [0, 0.1) is 0 Å². The number of rotatable bonds is 5. The number of hydrogen-bond acceptors (Lipinski definition) is 4. The topological polar surface area (TPSA) is 73.2 Å². The van der Waals surface area contributed by atoms with Gasteiger partial charge >= 0.3 is 0 Å². The highest BCUT2D eigenvalue weighted by Gasteiger charge is 2.21. The Bertz CT molecular complexity index is 1080. The van der Waals surface area contributed by atoms with Gasteiger partial charge in [0, 0.05) is 18.1 Å². The summed E-state index contributed by atoms with van der Waals surface area (Å²) in [6.45, 7) is 1.80. The van der Waals surface area contributed by atoms with Crippen LogP contribution < -0.4 is 15.6 Å². The highest BCUT2D eigenvalue weighted by atomic mass is 16.5. The quantitative estimate of drug-likeness (QED) is 0.714. The molecule has 1 heterocycles. The van der Waals surface area contributed by atoms with Gasteiger partial charge in [0.05, 0.1) is 23.1 Å². The minimum Gasteiger partial charge on any atom is -0.490 e. The maximum absolute atomic E-state index is 12.8. The van der Waals surface area contributed by atoms with Crippen LogP contribution in [0.15, 0.2) is 53.3 Å².